The van der Waals surface area contributed by atoms with Gasteiger partial charge in [0.25, 0.3) is 6.43 Å². The zero-order valence-electron chi connectivity index (χ0n) is 23.4. The topological polar surface area (TPSA) is 98.3 Å². The Hall–Kier alpha value is -3.57. The Balaban J connectivity index is 1.42. The molecule has 0 bridgehead atoms. The van der Waals surface area contributed by atoms with Crippen LogP contribution in [0.2, 0.25) is 5.02 Å². The summed E-state index contributed by atoms with van der Waals surface area (Å²) in [6.07, 6.45) is 3.31. The first-order chi connectivity index (χ1) is 20.2. The number of likely N-dealkylation sites (tertiary alicyclic amines) is 1. The summed E-state index contributed by atoms with van der Waals surface area (Å²) in [6, 6.07) is 5.26. The van der Waals surface area contributed by atoms with E-state index in [0.717, 1.165) is 30.3 Å². The number of benzene rings is 1. The average Bonchev–Trinajstić information content (AvgIpc) is 3.50. The first-order valence-corrected chi connectivity index (χ1v) is 14.6. The molecule has 2 saturated heterocycles. The molecular formula is C30H31ClF2N6O3. The molecule has 4 aromatic rings. The first-order valence-electron chi connectivity index (χ1n) is 14.3. The van der Waals surface area contributed by atoms with Crippen LogP contribution in [0.5, 0.6) is 0 Å². The zero-order valence-corrected chi connectivity index (χ0v) is 24.1. The smallest absolute Gasteiger partial charge is 0.407 e. The summed E-state index contributed by atoms with van der Waals surface area (Å²) in [4.78, 5) is 17.1. The van der Waals surface area contributed by atoms with Crippen LogP contribution in [0.1, 0.15) is 67.8 Å². The van der Waals surface area contributed by atoms with Gasteiger partial charge in [0.15, 0.2) is 6.23 Å². The van der Waals surface area contributed by atoms with Crippen LogP contribution >= 0.6 is 11.6 Å². The van der Waals surface area contributed by atoms with Crippen molar-refractivity contribution in [2.45, 2.75) is 64.6 Å². The lowest BCUT2D eigenvalue weighted by Crippen LogP contribution is -2.63. The van der Waals surface area contributed by atoms with Gasteiger partial charge in [-0.1, -0.05) is 11.6 Å². The molecule has 5 heterocycles. The maximum Gasteiger partial charge on any atom is 0.407 e. The van der Waals surface area contributed by atoms with E-state index in [1.54, 1.807) is 18.5 Å². The van der Waals surface area contributed by atoms with Crippen molar-refractivity contribution < 1.29 is 23.4 Å². The Morgan fingerprint density at radius 1 is 1.19 bits per heavy atom. The third-order valence-corrected chi connectivity index (χ3v) is 9.61. The second-order valence-corrected chi connectivity index (χ2v) is 12.3. The van der Waals surface area contributed by atoms with Gasteiger partial charge in [0.2, 0.25) is 0 Å². The summed E-state index contributed by atoms with van der Waals surface area (Å²) in [5, 5.41) is 19.9. The summed E-state index contributed by atoms with van der Waals surface area (Å²) >= 11 is 7.01. The molecule has 9 nitrogen and oxygen atoms in total. The van der Waals surface area contributed by atoms with Crippen LogP contribution < -0.4 is 0 Å². The number of alkyl halides is 2. The van der Waals surface area contributed by atoms with E-state index in [-0.39, 0.29) is 28.9 Å². The van der Waals surface area contributed by atoms with E-state index in [1.165, 1.54) is 9.58 Å². The molecule has 1 amide bonds. The molecule has 1 spiro atoms. The van der Waals surface area contributed by atoms with E-state index >= 15 is 8.78 Å². The molecule has 3 fully saturated rings. The van der Waals surface area contributed by atoms with Gasteiger partial charge in [-0.2, -0.15) is 10.2 Å². The molecule has 1 unspecified atom stereocenters. The van der Waals surface area contributed by atoms with Crippen LogP contribution in [0, 0.1) is 19.3 Å². The zero-order chi connectivity index (χ0) is 29.3. The van der Waals surface area contributed by atoms with Crippen molar-refractivity contribution in [3.05, 3.63) is 52.6 Å². The fourth-order valence-corrected chi connectivity index (χ4v) is 7.31. The summed E-state index contributed by atoms with van der Waals surface area (Å²) in [7, 11) is 0. The number of fused-ring (bicyclic) bond motifs is 1. The standard InChI is InChI=1S/C30H31ClF2N6O3/c1-16-10-21-20(13-35-39(21)22-7-3-4-9-42-22)23(25(16)31)24-26(19-6-5-8-34-17(19)2)36-38(27(24)28(32)33)18-11-30(12-18)14-37(15-30)29(40)41/h5-6,8,10,13,18,22,28H,3-4,7,9,11-12,14-15H2,1-2H3,(H,40,41). The minimum atomic E-state index is -2.84. The van der Waals surface area contributed by atoms with E-state index in [1.807, 2.05) is 30.7 Å². The molecular weight excluding hydrogens is 566 g/mol. The lowest BCUT2D eigenvalue weighted by atomic mass is 9.61. The molecule has 1 atom stereocenters. The number of aryl methyl sites for hydroxylation is 2. The minimum Gasteiger partial charge on any atom is -0.465 e. The second kappa shape index (κ2) is 10.0. The van der Waals surface area contributed by atoms with Gasteiger partial charge >= 0.3 is 6.09 Å². The number of aromatic nitrogens is 5. The third kappa shape index (κ3) is 4.19. The minimum absolute atomic E-state index is 0.186. The van der Waals surface area contributed by atoms with Crippen molar-refractivity contribution in [3.63, 3.8) is 0 Å². The van der Waals surface area contributed by atoms with Crippen LogP contribution in [0.4, 0.5) is 13.6 Å². The van der Waals surface area contributed by atoms with E-state index in [4.69, 9.17) is 21.4 Å². The molecule has 1 N–H and O–H groups in total. The molecule has 7 rings (SSSR count). The van der Waals surface area contributed by atoms with Crippen molar-refractivity contribution in [1.82, 2.24) is 29.4 Å². The van der Waals surface area contributed by atoms with Crippen molar-refractivity contribution in [3.8, 4) is 22.4 Å². The van der Waals surface area contributed by atoms with Crippen LogP contribution in [0.25, 0.3) is 33.3 Å². The normalized spacial score (nSPS) is 20.3. The number of amides is 1. The summed E-state index contributed by atoms with van der Waals surface area (Å²) < 4.78 is 39.8. The van der Waals surface area contributed by atoms with Gasteiger partial charge in [-0.25, -0.2) is 18.3 Å². The van der Waals surface area contributed by atoms with E-state index < -0.39 is 12.5 Å². The van der Waals surface area contributed by atoms with Gasteiger partial charge in [-0.15, -0.1) is 0 Å². The number of rotatable bonds is 5. The molecule has 1 aromatic carbocycles. The number of halogens is 3. The number of carbonyl (C=O) groups is 1. The molecule has 1 aliphatic carbocycles. The SMILES string of the molecule is Cc1cc2c(cnn2C2CCCCO2)c(-c2c(-c3cccnc3C)nn(C3CC4(C3)CN(C(=O)O)C4)c2C(F)F)c1Cl. The maximum atomic E-state index is 15.3. The lowest BCUT2D eigenvalue weighted by Gasteiger charge is -2.58. The summed E-state index contributed by atoms with van der Waals surface area (Å²) in [5.41, 5.74) is 3.60. The number of nitrogens with zero attached hydrogens (tertiary/aromatic N) is 6. The molecule has 2 aliphatic heterocycles. The Morgan fingerprint density at radius 3 is 2.64 bits per heavy atom. The molecule has 1 saturated carbocycles. The van der Waals surface area contributed by atoms with Crippen molar-refractivity contribution in [1.29, 1.82) is 0 Å². The van der Waals surface area contributed by atoms with Crippen molar-refractivity contribution in [2.24, 2.45) is 5.41 Å². The van der Waals surface area contributed by atoms with Crippen LogP contribution in [-0.2, 0) is 4.74 Å². The number of hydrogen-bond acceptors (Lipinski definition) is 5. The average molecular weight is 597 g/mol. The number of ether oxygens (including phenoxy) is 1. The number of pyridine rings is 1. The highest BCUT2D eigenvalue weighted by molar-refractivity contribution is 6.36. The van der Waals surface area contributed by atoms with Gasteiger partial charge in [-0.3, -0.25) is 9.67 Å². The van der Waals surface area contributed by atoms with Crippen LogP contribution in [0.15, 0.2) is 30.6 Å². The molecule has 0 radical (unpaired) electrons. The van der Waals surface area contributed by atoms with E-state index in [0.29, 0.717) is 65.5 Å². The lowest BCUT2D eigenvalue weighted by molar-refractivity contribution is -0.0791. The van der Waals surface area contributed by atoms with E-state index in [9.17, 15) is 9.90 Å². The maximum absolute atomic E-state index is 15.3. The summed E-state index contributed by atoms with van der Waals surface area (Å²) in [5.74, 6) is 0. The van der Waals surface area contributed by atoms with Gasteiger partial charge in [0.05, 0.1) is 22.8 Å². The van der Waals surface area contributed by atoms with Crippen LogP contribution in [-0.4, -0.2) is 60.3 Å². The Labute approximate surface area is 246 Å². The highest BCUT2D eigenvalue weighted by Crippen LogP contribution is 2.56. The fraction of sp³-hybridized carbons (Fsp3) is 0.467. The molecule has 3 aliphatic rings. The van der Waals surface area contributed by atoms with Crippen molar-refractivity contribution in [2.75, 3.05) is 19.7 Å². The third-order valence-electron chi connectivity index (χ3n) is 9.12. The highest BCUT2D eigenvalue weighted by atomic mass is 35.5. The van der Waals surface area contributed by atoms with Gasteiger partial charge in [-0.05, 0) is 69.7 Å². The Kier molecular flexibility index (Phi) is 6.50. The fourth-order valence-electron chi connectivity index (χ4n) is 7.06. The second-order valence-electron chi connectivity index (χ2n) is 11.9. The molecule has 12 heteroatoms. The van der Waals surface area contributed by atoms with Gasteiger partial charge in [0, 0.05) is 59.1 Å². The quantitative estimate of drug-likeness (QED) is 0.262. The molecule has 3 aromatic heterocycles. The first kappa shape index (κ1) is 27.3. The molecule has 220 valence electrons. The van der Waals surface area contributed by atoms with Gasteiger partial charge in [0.1, 0.15) is 11.4 Å². The molecule has 42 heavy (non-hydrogen) atoms. The van der Waals surface area contributed by atoms with E-state index in [2.05, 4.69) is 10.1 Å². The monoisotopic (exact) mass is 596 g/mol. The summed E-state index contributed by atoms with van der Waals surface area (Å²) in [6.45, 7) is 5.17. The predicted molar refractivity (Wildman–Crippen MR) is 153 cm³/mol. The highest BCUT2D eigenvalue weighted by Gasteiger charge is 2.55. The number of carboxylic acid groups (broad SMARTS) is 1. The predicted octanol–water partition coefficient (Wildman–Crippen LogP) is 7.18. The largest absolute Gasteiger partial charge is 0.465 e. The van der Waals surface area contributed by atoms with Crippen LogP contribution in [0.3, 0.4) is 0 Å². The van der Waals surface area contributed by atoms with Crippen molar-refractivity contribution >= 4 is 28.6 Å². The number of hydrogen-bond donors (Lipinski definition) is 1. The van der Waals surface area contributed by atoms with Gasteiger partial charge < -0.3 is 14.7 Å². The Bertz CT molecular complexity index is 1700. The Morgan fingerprint density at radius 2 is 1.98 bits per heavy atom.